The SMILES string of the molecule is O=C(CO)CC(=O)C(=O)Nc1ccccc1. The predicted octanol–water partition coefficient (Wildman–Crippen LogP) is 0.146. The zero-order chi connectivity index (χ0) is 12.0. The van der Waals surface area contributed by atoms with E-state index in [9.17, 15) is 14.4 Å². The zero-order valence-corrected chi connectivity index (χ0v) is 8.47. The summed E-state index contributed by atoms with van der Waals surface area (Å²) in [6, 6.07) is 8.43. The Morgan fingerprint density at radius 3 is 2.31 bits per heavy atom. The maximum atomic E-state index is 11.3. The van der Waals surface area contributed by atoms with Crippen LogP contribution in [0.3, 0.4) is 0 Å². The van der Waals surface area contributed by atoms with Crippen molar-refractivity contribution in [1.29, 1.82) is 0 Å². The van der Waals surface area contributed by atoms with Gasteiger partial charge in [0.25, 0.3) is 5.91 Å². The van der Waals surface area contributed by atoms with Gasteiger partial charge in [-0.1, -0.05) is 18.2 Å². The van der Waals surface area contributed by atoms with Crippen molar-refractivity contribution >= 4 is 23.2 Å². The van der Waals surface area contributed by atoms with Crippen LogP contribution in [0.25, 0.3) is 0 Å². The number of carbonyl (C=O) groups excluding carboxylic acids is 3. The number of para-hydroxylation sites is 1. The number of hydrogen-bond acceptors (Lipinski definition) is 4. The van der Waals surface area contributed by atoms with Crippen molar-refractivity contribution < 1.29 is 19.5 Å². The lowest BCUT2D eigenvalue weighted by Gasteiger charge is -2.02. The second-order valence-electron chi connectivity index (χ2n) is 3.12. The number of Topliss-reactive ketones (excluding diaryl/α,β-unsaturated/α-hetero) is 2. The number of anilines is 1. The minimum Gasteiger partial charge on any atom is -0.389 e. The van der Waals surface area contributed by atoms with Gasteiger partial charge >= 0.3 is 0 Å². The van der Waals surface area contributed by atoms with Gasteiger partial charge in [0.2, 0.25) is 5.78 Å². The Hall–Kier alpha value is -2.01. The van der Waals surface area contributed by atoms with Crippen molar-refractivity contribution in [2.75, 3.05) is 11.9 Å². The number of nitrogens with one attached hydrogen (secondary N) is 1. The van der Waals surface area contributed by atoms with Crippen molar-refractivity contribution in [2.45, 2.75) is 6.42 Å². The number of hydrogen-bond donors (Lipinski definition) is 2. The molecule has 0 aromatic heterocycles. The van der Waals surface area contributed by atoms with Crippen LogP contribution in [0.1, 0.15) is 6.42 Å². The molecule has 0 saturated heterocycles. The minimum absolute atomic E-state index is 0.484. The maximum Gasteiger partial charge on any atom is 0.292 e. The molecule has 16 heavy (non-hydrogen) atoms. The van der Waals surface area contributed by atoms with Gasteiger partial charge in [0.15, 0.2) is 5.78 Å². The van der Waals surface area contributed by atoms with E-state index in [0.717, 1.165) is 0 Å². The summed E-state index contributed by atoms with van der Waals surface area (Å²) in [5, 5.41) is 10.8. The van der Waals surface area contributed by atoms with Gasteiger partial charge < -0.3 is 10.4 Å². The fourth-order valence-corrected chi connectivity index (χ4v) is 1.04. The van der Waals surface area contributed by atoms with Gasteiger partial charge in [0, 0.05) is 5.69 Å². The normalized spacial score (nSPS) is 9.56. The molecular formula is C11H11NO4. The highest BCUT2D eigenvalue weighted by molar-refractivity contribution is 6.43. The Morgan fingerprint density at radius 1 is 1.12 bits per heavy atom. The molecule has 2 N–H and O–H groups in total. The van der Waals surface area contributed by atoms with Crippen molar-refractivity contribution in [2.24, 2.45) is 0 Å². The quantitative estimate of drug-likeness (QED) is 0.547. The molecule has 0 saturated carbocycles. The fourth-order valence-electron chi connectivity index (χ4n) is 1.04. The fraction of sp³-hybridized carbons (Fsp3) is 0.182. The molecule has 0 aliphatic rings. The van der Waals surface area contributed by atoms with Crippen LogP contribution >= 0.6 is 0 Å². The molecule has 0 radical (unpaired) electrons. The highest BCUT2D eigenvalue weighted by atomic mass is 16.3. The summed E-state index contributed by atoms with van der Waals surface area (Å²) in [4.78, 5) is 33.2. The maximum absolute atomic E-state index is 11.3. The highest BCUT2D eigenvalue weighted by Crippen LogP contribution is 2.05. The Balaban J connectivity index is 2.53. The molecule has 5 nitrogen and oxygen atoms in total. The van der Waals surface area contributed by atoms with Gasteiger partial charge in [-0.2, -0.15) is 0 Å². The number of aliphatic hydroxyl groups excluding tert-OH is 1. The lowest BCUT2D eigenvalue weighted by molar-refractivity contribution is -0.137. The van der Waals surface area contributed by atoms with E-state index in [-0.39, 0.29) is 0 Å². The molecule has 0 aliphatic carbocycles. The van der Waals surface area contributed by atoms with E-state index in [4.69, 9.17) is 5.11 Å². The Labute approximate surface area is 92.1 Å². The number of benzene rings is 1. The summed E-state index contributed by atoms with van der Waals surface area (Å²) in [6.45, 7) is -0.732. The van der Waals surface area contributed by atoms with E-state index >= 15 is 0 Å². The second-order valence-corrected chi connectivity index (χ2v) is 3.12. The van der Waals surface area contributed by atoms with Crippen LogP contribution in [-0.4, -0.2) is 29.2 Å². The van der Waals surface area contributed by atoms with E-state index in [1.165, 1.54) is 0 Å². The number of ketones is 2. The molecule has 0 atom stereocenters. The first-order valence-corrected chi connectivity index (χ1v) is 4.65. The Kier molecular flexibility index (Phi) is 4.35. The van der Waals surface area contributed by atoms with Crippen LogP contribution in [0.5, 0.6) is 0 Å². The van der Waals surface area contributed by atoms with Crippen molar-refractivity contribution in [3.63, 3.8) is 0 Å². The van der Waals surface area contributed by atoms with Gasteiger partial charge in [-0.05, 0) is 12.1 Å². The average Bonchev–Trinajstić information content (AvgIpc) is 2.30. The number of rotatable bonds is 5. The van der Waals surface area contributed by atoms with E-state index in [0.29, 0.717) is 5.69 Å². The zero-order valence-electron chi connectivity index (χ0n) is 8.47. The van der Waals surface area contributed by atoms with Crippen molar-refractivity contribution in [1.82, 2.24) is 0 Å². The predicted molar refractivity (Wildman–Crippen MR) is 56.8 cm³/mol. The lowest BCUT2D eigenvalue weighted by atomic mass is 10.2. The summed E-state index contributed by atoms with van der Waals surface area (Å²) in [5.74, 6) is -2.39. The Bertz CT molecular complexity index is 400. The van der Waals surface area contributed by atoms with Crippen LogP contribution in [-0.2, 0) is 14.4 Å². The summed E-state index contributed by atoms with van der Waals surface area (Å²) in [5.41, 5.74) is 0.484. The van der Waals surface area contributed by atoms with Gasteiger partial charge in [0.05, 0.1) is 6.42 Å². The van der Waals surface area contributed by atoms with E-state index in [1.807, 2.05) is 0 Å². The number of aliphatic hydroxyl groups is 1. The lowest BCUT2D eigenvalue weighted by Crippen LogP contribution is -2.25. The summed E-state index contributed by atoms with van der Waals surface area (Å²) in [6.07, 6.45) is -0.574. The molecule has 0 aliphatic heterocycles. The average molecular weight is 221 g/mol. The van der Waals surface area contributed by atoms with Crippen LogP contribution in [0.2, 0.25) is 0 Å². The van der Waals surface area contributed by atoms with Crippen LogP contribution in [0.4, 0.5) is 5.69 Å². The van der Waals surface area contributed by atoms with Crippen molar-refractivity contribution in [3.05, 3.63) is 30.3 Å². The molecule has 1 amide bonds. The molecule has 1 aromatic carbocycles. The third-order valence-electron chi connectivity index (χ3n) is 1.82. The van der Waals surface area contributed by atoms with Gasteiger partial charge in [-0.25, -0.2) is 0 Å². The molecule has 5 heteroatoms. The molecule has 0 fully saturated rings. The second kappa shape index (κ2) is 5.77. The van der Waals surface area contributed by atoms with Gasteiger partial charge in [-0.3, -0.25) is 14.4 Å². The standard InChI is InChI=1S/C11H11NO4/c13-7-9(14)6-10(15)11(16)12-8-4-2-1-3-5-8/h1-5,13H,6-7H2,(H,12,16). The first kappa shape index (κ1) is 12.1. The number of amides is 1. The van der Waals surface area contributed by atoms with Crippen LogP contribution in [0.15, 0.2) is 30.3 Å². The Morgan fingerprint density at radius 2 is 1.75 bits per heavy atom. The molecular weight excluding hydrogens is 210 g/mol. The van der Waals surface area contributed by atoms with E-state index < -0.39 is 30.5 Å². The summed E-state index contributed by atoms with van der Waals surface area (Å²) < 4.78 is 0. The molecule has 84 valence electrons. The van der Waals surface area contributed by atoms with Crippen LogP contribution in [0, 0.1) is 0 Å². The molecule has 0 bridgehead atoms. The molecule has 1 aromatic rings. The smallest absolute Gasteiger partial charge is 0.292 e. The number of carbonyl (C=O) groups is 3. The third kappa shape index (κ3) is 3.62. The summed E-state index contributed by atoms with van der Waals surface area (Å²) in [7, 11) is 0. The monoisotopic (exact) mass is 221 g/mol. The first-order valence-electron chi connectivity index (χ1n) is 4.65. The van der Waals surface area contributed by atoms with Gasteiger partial charge in [0.1, 0.15) is 6.61 Å². The van der Waals surface area contributed by atoms with Crippen LogP contribution < -0.4 is 5.32 Å². The first-order chi connectivity index (χ1) is 7.63. The highest BCUT2D eigenvalue weighted by Gasteiger charge is 2.17. The summed E-state index contributed by atoms with van der Waals surface area (Å²) >= 11 is 0. The van der Waals surface area contributed by atoms with E-state index in [2.05, 4.69) is 5.32 Å². The molecule has 0 unspecified atom stereocenters. The van der Waals surface area contributed by atoms with E-state index in [1.54, 1.807) is 30.3 Å². The molecule has 0 heterocycles. The molecule has 1 rings (SSSR count). The topological polar surface area (TPSA) is 83.5 Å². The third-order valence-corrected chi connectivity index (χ3v) is 1.82. The largest absolute Gasteiger partial charge is 0.389 e. The molecule has 0 spiro atoms. The minimum atomic E-state index is -0.858. The van der Waals surface area contributed by atoms with Gasteiger partial charge in [-0.15, -0.1) is 0 Å². The van der Waals surface area contributed by atoms with Crippen molar-refractivity contribution in [3.8, 4) is 0 Å².